The molecule has 19 heavy (non-hydrogen) atoms. The zero-order valence-corrected chi connectivity index (χ0v) is 11.2. The molecule has 1 aromatic rings. The molecule has 1 amide bonds. The van der Waals surface area contributed by atoms with Crippen molar-refractivity contribution in [2.24, 2.45) is 5.73 Å². The maximum atomic E-state index is 12.2. The van der Waals surface area contributed by atoms with Gasteiger partial charge in [-0.15, -0.1) is 0 Å². The zero-order chi connectivity index (χ0) is 14.0. The fourth-order valence-electron chi connectivity index (χ4n) is 2.61. The molecule has 1 aromatic carbocycles. The van der Waals surface area contributed by atoms with Crippen LogP contribution in [0.15, 0.2) is 24.3 Å². The Kier molecular flexibility index (Phi) is 3.72. The first-order valence-corrected chi connectivity index (χ1v) is 6.32. The Hall–Kier alpha value is -2.06. The predicted octanol–water partition coefficient (Wildman–Crippen LogP) is 0.552. The number of nitriles is 1. The number of nitrogens with two attached hydrogens (primary N) is 1. The van der Waals surface area contributed by atoms with Gasteiger partial charge in [-0.05, 0) is 31.2 Å². The summed E-state index contributed by atoms with van der Waals surface area (Å²) in [6, 6.07) is 9.22. The third-order valence-electron chi connectivity index (χ3n) is 3.53. The lowest BCUT2D eigenvalue weighted by molar-refractivity contribution is -0.133. The number of rotatable bonds is 2. The Morgan fingerprint density at radius 3 is 2.58 bits per heavy atom. The normalized spacial score (nSPS) is 23.4. The molecule has 5 heteroatoms. The molecule has 0 spiro atoms. The Labute approximate surface area is 113 Å². The van der Waals surface area contributed by atoms with Gasteiger partial charge in [-0.1, -0.05) is 0 Å². The molecule has 2 atom stereocenters. The van der Waals surface area contributed by atoms with Crippen LogP contribution >= 0.6 is 0 Å². The second-order valence-corrected chi connectivity index (χ2v) is 4.89. The SMILES string of the molecule is CC1CN(C)C(=O)C(CN)N1c1ccc(C#N)cc1. The van der Waals surface area contributed by atoms with Crippen LogP contribution in [0.25, 0.3) is 0 Å². The second kappa shape index (κ2) is 5.29. The molecule has 1 aliphatic rings. The summed E-state index contributed by atoms with van der Waals surface area (Å²) in [7, 11) is 1.80. The van der Waals surface area contributed by atoms with Gasteiger partial charge in [-0.3, -0.25) is 4.79 Å². The standard InChI is InChI=1S/C14H18N4O/c1-10-9-17(2)14(19)13(8-16)18(10)12-5-3-11(7-15)4-6-12/h3-6,10,13H,8-9,16H2,1-2H3. The molecule has 0 saturated carbocycles. The van der Waals surface area contributed by atoms with Crippen LogP contribution in [0.3, 0.4) is 0 Å². The number of benzene rings is 1. The molecule has 0 bridgehead atoms. The summed E-state index contributed by atoms with van der Waals surface area (Å²) < 4.78 is 0. The number of nitrogens with zero attached hydrogens (tertiary/aromatic N) is 3. The Bertz CT molecular complexity index is 505. The van der Waals surface area contributed by atoms with Gasteiger partial charge in [0, 0.05) is 31.9 Å². The molecule has 2 rings (SSSR count). The zero-order valence-electron chi connectivity index (χ0n) is 11.2. The minimum Gasteiger partial charge on any atom is -0.354 e. The first-order chi connectivity index (χ1) is 9.08. The number of carbonyl (C=O) groups is 1. The summed E-state index contributed by atoms with van der Waals surface area (Å²) in [5.74, 6) is 0.0463. The van der Waals surface area contributed by atoms with Gasteiger partial charge in [-0.2, -0.15) is 5.26 Å². The summed E-state index contributed by atoms with van der Waals surface area (Å²) in [6.07, 6.45) is 0. The van der Waals surface area contributed by atoms with Crippen LogP contribution in [0.2, 0.25) is 0 Å². The van der Waals surface area contributed by atoms with E-state index < -0.39 is 0 Å². The first kappa shape index (κ1) is 13.4. The van der Waals surface area contributed by atoms with Crippen LogP contribution in [0, 0.1) is 11.3 Å². The first-order valence-electron chi connectivity index (χ1n) is 6.32. The second-order valence-electron chi connectivity index (χ2n) is 4.89. The van der Waals surface area contributed by atoms with Gasteiger partial charge in [0.05, 0.1) is 11.6 Å². The molecule has 1 fully saturated rings. The highest BCUT2D eigenvalue weighted by atomic mass is 16.2. The van der Waals surface area contributed by atoms with Gasteiger partial charge in [0.15, 0.2) is 0 Å². The van der Waals surface area contributed by atoms with Crippen molar-refractivity contribution in [2.75, 3.05) is 25.0 Å². The molecule has 2 N–H and O–H groups in total. The van der Waals surface area contributed by atoms with Crippen molar-refractivity contribution in [1.82, 2.24) is 4.90 Å². The van der Waals surface area contributed by atoms with Crippen LogP contribution in [-0.4, -0.2) is 43.0 Å². The van der Waals surface area contributed by atoms with Crippen molar-refractivity contribution in [2.45, 2.75) is 19.0 Å². The van der Waals surface area contributed by atoms with Crippen LogP contribution < -0.4 is 10.6 Å². The molecule has 1 heterocycles. The smallest absolute Gasteiger partial charge is 0.246 e. The summed E-state index contributed by atoms with van der Waals surface area (Å²) >= 11 is 0. The molecular weight excluding hydrogens is 240 g/mol. The lowest BCUT2D eigenvalue weighted by atomic mass is 10.0. The number of anilines is 1. The monoisotopic (exact) mass is 258 g/mol. The topological polar surface area (TPSA) is 73.4 Å². The third kappa shape index (κ3) is 2.40. The minimum atomic E-state index is -0.332. The Balaban J connectivity index is 2.34. The average molecular weight is 258 g/mol. The number of amides is 1. The Morgan fingerprint density at radius 1 is 1.42 bits per heavy atom. The average Bonchev–Trinajstić information content (AvgIpc) is 2.42. The summed E-state index contributed by atoms with van der Waals surface area (Å²) in [5.41, 5.74) is 7.31. The molecule has 1 saturated heterocycles. The highest BCUT2D eigenvalue weighted by Crippen LogP contribution is 2.24. The van der Waals surface area contributed by atoms with Crippen molar-refractivity contribution < 1.29 is 4.79 Å². The number of hydrogen-bond donors (Lipinski definition) is 1. The van der Waals surface area contributed by atoms with E-state index in [1.807, 2.05) is 17.0 Å². The largest absolute Gasteiger partial charge is 0.354 e. The Morgan fingerprint density at radius 2 is 2.05 bits per heavy atom. The van der Waals surface area contributed by atoms with Crippen LogP contribution in [0.4, 0.5) is 5.69 Å². The van der Waals surface area contributed by atoms with E-state index in [2.05, 4.69) is 13.0 Å². The maximum Gasteiger partial charge on any atom is 0.246 e. The van der Waals surface area contributed by atoms with Crippen molar-refractivity contribution in [3.8, 4) is 6.07 Å². The molecule has 2 unspecified atom stereocenters. The van der Waals surface area contributed by atoms with Crippen molar-refractivity contribution >= 4 is 11.6 Å². The summed E-state index contributed by atoms with van der Waals surface area (Å²) in [6.45, 7) is 3.03. The van der Waals surface area contributed by atoms with Crippen LogP contribution in [-0.2, 0) is 4.79 Å². The molecule has 5 nitrogen and oxygen atoms in total. The van der Waals surface area contributed by atoms with Gasteiger partial charge in [0.2, 0.25) is 5.91 Å². The molecule has 0 aromatic heterocycles. The highest BCUT2D eigenvalue weighted by molar-refractivity contribution is 5.87. The van der Waals surface area contributed by atoms with E-state index in [0.29, 0.717) is 12.1 Å². The quantitative estimate of drug-likeness (QED) is 0.841. The van der Waals surface area contributed by atoms with Crippen LogP contribution in [0.5, 0.6) is 0 Å². The van der Waals surface area contributed by atoms with E-state index >= 15 is 0 Å². The highest BCUT2D eigenvalue weighted by Gasteiger charge is 2.36. The molecule has 0 aliphatic carbocycles. The van der Waals surface area contributed by atoms with E-state index in [1.54, 1.807) is 24.1 Å². The minimum absolute atomic E-state index is 0.0463. The molecule has 0 radical (unpaired) electrons. The van der Waals surface area contributed by atoms with Crippen molar-refractivity contribution in [3.05, 3.63) is 29.8 Å². The van der Waals surface area contributed by atoms with Crippen molar-refractivity contribution in [3.63, 3.8) is 0 Å². The van der Waals surface area contributed by atoms with Gasteiger partial charge in [-0.25, -0.2) is 0 Å². The predicted molar refractivity (Wildman–Crippen MR) is 73.6 cm³/mol. The fraction of sp³-hybridized carbons (Fsp3) is 0.429. The summed E-state index contributed by atoms with van der Waals surface area (Å²) in [5, 5.41) is 8.82. The molecular formula is C14H18N4O. The third-order valence-corrected chi connectivity index (χ3v) is 3.53. The number of piperazine rings is 1. The lowest BCUT2D eigenvalue weighted by Gasteiger charge is -2.44. The maximum absolute atomic E-state index is 12.2. The number of likely N-dealkylation sites (N-methyl/N-ethyl adjacent to an activating group) is 1. The van der Waals surface area contributed by atoms with Gasteiger partial charge in [0.1, 0.15) is 6.04 Å². The number of hydrogen-bond acceptors (Lipinski definition) is 4. The summed E-state index contributed by atoms with van der Waals surface area (Å²) in [4.78, 5) is 15.9. The lowest BCUT2D eigenvalue weighted by Crippen LogP contribution is -2.62. The van der Waals surface area contributed by atoms with E-state index in [1.165, 1.54) is 0 Å². The van der Waals surface area contributed by atoms with Gasteiger partial charge >= 0.3 is 0 Å². The van der Waals surface area contributed by atoms with E-state index in [-0.39, 0.29) is 24.5 Å². The van der Waals surface area contributed by atoms with Crippen molar-refractivity contribution in [1.29, 1.82) is 5.26 Å². The van der Waals surface area contributed by atoms with E-state index in [4.69, 9.17) is 11.0 Å². The van der Waals surface area contributed by atoms with Crippen LogP contribution in [0.1, 0.15) is 12.5 Å². The number of carbonyl (C=O) groups excluding carboxylic acids is 1. The van der Waals surface area contributed by atoms with Gasteiger partial charge in [0.25, 0.3) is 0 Å². The molecule has 100 valence electrons. The van der Waals surface area contributed by atoms with E-state index in [0.717, 1.165) is 5.69 Å². The fourth-order valence-corrected chi connectivity index (χ4v) is 2.61. The van der Waals surface area contributed by atoms with E-state index in [9.17, 15) is 4.79 Å². The molecule has 1 aliphatic heterocycles. The van der Waals surface area contributed by atoms with Gasteiger partial charge < -0.3 is 15.5 Å².